The van der Waals surface area contributed by atoms with E-state index >= 15 is 0 Å². The first-order chi connectivity index (χ1) is 10.0. The smallest absolute Gasteiger partial charge is 0.260 e. The number of halogens is 2. The quantitative estimate of drug-likeness (QED) is 0.621. The number of nitrogens with zero attached hydrogens (tertiary/aromatic N) is 1. The first kappa shape index (κ1) is 13.6. The van der Waals surface area contributed by atoms with Crippen LogP contribution in [-0.4, -0.2) is 9.97 Å². The lowest BCUT2D eigenvalue weighted by molar-refractivity contribution is 0.627. The number of benzene rings is 2. The predicted molar refractivity (Wildman–Crippen MR) is 84.2 cm³/mol. The highest BCUT2D eigenvalue weighted by Crippen LogP contribution is 2.25. The van der Waals surface area contributed by atoms with Gasteiger partial charge >= 0.3 is 0 Å². The Labute approximate surface area is 127 Å². The monoisotopic (exact) mass is 348 g/mol. The highest BCUT2D eigenvalue weighted by atomic mass is 79.9. The molecular weight excluding hydrogens is 339 g/mol. The van der Waals surface area contributed by atoms with E-state index in [2.05, 4.69) is 31.2 Å². The Morgan fingerprint density at radius 3 is 2.81 bits per heavy atom. The van der Waals surface area contributed by atoms with Gasteiger partial charge in [-0.3, -0.25) is 9.78 Å². The van der Waals surface area contributed by atoms with Crippen LogP contribution in [0.1, 0.15) is 0 Å². The van der Waals surface area contributed by atoms with E-state index < -0.39 is 0 Å². The van der Waals surface area contributed by atoms with Gasteiger partial charge in [-0.1, -0.05) is 0 Å². The summed E-state index contributed by atoms with van der Waals surface area (Å²) in [5, 5.41) is 3.35. The Balaban J connectivity index is 2.05. The number of aromatic nitrogens is 2. The van der Waals surface area contributed by atoms with Crippen LogP contribution in [0.25, 0.3) is 10.9 Å². The van der Waals surface area contributed by atoms with Crippen molar-refractivity contribution in [3.63, 3.8) is 0 Å². The van der Waals surface area contributed by atoms with E-state index in [1.807, 2.05) is 0 Å². The molecule has 0 radical (unpaired) electrons. The van der Waals surface area contributed by atoms with Crippen molar-refractivity contribution in [3.8, 4) is 0 Å². The molecular formula is C14H10BrFN4O. The van der Waals surface area contributed by atoms with Gasteiger partial charge in [-0.15, -0.1) is 0 Å². The minimum atomic E-state index is -0.358. The second-order valence-electron chi connectivity index (χ2n) is 4.44. The molecule has 3 rings (SSSR count). The molecule has 0 saturated carbocycles. The van der Waals surface area contributed by atoms with Crippen LogP contribution in [-0.2, 0) is 0 Å². The zero-order valence-corrected chi connectivity index (χ0v) is 12.2. The Kier molecular flexibility index (Phi) is 3.34. The molecule has 0 spiro atoms. The van der Waals surface area contributed by atoms with Gasteiger partial charge in [-0.2, -0.15) is 0 Å². The van der Waals surface area contributed by atoms with Crippen molar-refractivity contribution >= 4 is 44.2 Å². The standard InChI is InChI=1S/C14H10BrFN4O/c15-10-5-7(16)1-3-12(10)19-14-18-11-4-2-8(17)6-9(11)13(21)20-14/h1-6H,17H2,(H2,18,19,20,21). The summed E-state index contributed by atoms with van der Waals surface area (Å²) >= 11 is 3.24. The van der Waals surface area contributed by atoms with Crippen molar-refractivity contribution in [1.29, 1.82) is 0 Å². The number of anilines is 3. The third kappa shape index (κ3) is 2.73. The van der Waals surface area contributed by atoms with Gasteiger partial charge in [0.25, 0.3) is 5.56 Å². The zero-order chi connectivity index (χ0) is 15.0. The van der Waals surface area contributed by atoms with Crippen molar-refractivity contribution < 1.29 is 4.39 Å². The van der Waals surface area contributed by atoms with Crippen molar-refractivity contribution in [2.75, 3.05) is 11.1 Å². The minimum Gasteiger partial charge on any atom is -0.399 e. The maximum atomic E-state index is 13.1. The number of aromatic amines is 1. The molecule has 0 amide bonds. The average molecular weight is 349 g/mol. The number of nitrogens with one attached hydrogen (secondary N) is 2. The van der Waals surface area contributed by atoms with E-state index in [0.717, 1.165) is 0 Å². The molecule has 0 atom stereocenters. The van der Waals surface area contributed by atoms with E-state index in [4.69, 9.17) is 5.73 Å². The lowest BCUT2D eigenvalue weighted by Crippen LogP contribution is -2.11. The van der Waals surface area contributed by atoms with Crippen LogP contribution in [0.5, 0.6) is 0 Å². The number of rotatable bonds is 2. The summed E-state index contributed by atoms with van der Waals surface area (Å²) < 4.78 is 13.6. The maximum Gasteiger partial charge on any atom is 0.260 e. The lowest BCUT2D eigenvalue weighted by atomic mass is 10.2. The molecule has 1 heterocycles. The van der Waals surface area contributed by atoms with Crippen LogP contribution in [0.4, 0.5) is 21.7 Å². The Bertz CT molecular complexity index is 894. The summed E-state index contributed by atoms with van der Waals surface area (Å²) in [6, 6.07) is 9.09. The Morgan fingerprint density at radius 2 is 2.05 bits per heavy atom. The third-order valence-corrected chi connectivity index (χ3v) is 3.57. The number of hydrogen-bond donors (Lipinski definition) is 3. The lowest BCUT2D eigenvalue weighted by Gasteiger charge is -2.08. The fourth-order valence-electron chi connectivity index (χ4n) is 1.93. The van der Waals surface area contributed by atoms with Crippen LogP contribution >= 0.6 is 15.9 Å². The van der Waals surface area contributed by atoms with Crippen LogP contribution in [0.3, 0.4) is 0 Å². The summed E-state index contributed by atoms with van der Waals surface area (Å²) in [6.07, 6.45) is 0. The average Bonchev–Trinajstić information content (AvgIpc) is 2.43. The fourth-order valence-corrected chi connectivity index (χ4v) is 2.38. The molecule has 0 bridgehead atoms. The number of fused-ring (bicyclic) bond motifs is 1. The molecule has 21 heavy (non-hydrogen) atoms. The summed E-state index contributed by atoms with van der Waals surface area (Å²) in [6.45, 7) is 0. The minimum absolute atomic E-state index is 0.268. The largest absolute Gasteiger partial charge is 0.399 e. The topological polar surface area (TPSA) is 83.8 Å². The van der Waals surface area contributed by atoms with Crippen molar-refractivity contribution in [1.82, 2.24) is 9.97 Å². The van der Waals surface area contributed by atoms with Crippen LogP contribution in [0.2, 0.25) is 0 Å². The van der Waals surface area contributed by atoms with Crippen molar-refractivity contribution in [2.24, 2.45) is 0 Å². The first-order valence-corrected chi connectivity index (χ1v) is 6.84. The molecule has 5 nitrogen and oxygen atoms in total. The fraction of sp³-hybridized carbons (Fsp3) is 0. The number of nitrogen functional groups attached to an aromatic ring is 1. The molecule has 106 valence electrons. The van der Waals surface area contributed by atoms with Crippen molar-refractivity contribution in [2.45, 2.75) is 0 Å². The number of H-pyrrole nitrogens is 1. The Hall–Kier alpha value is -2.41. The molecule has 0 aliphatic rings. The van der Waals surface area contributed by atoms with Crippen LogP contribution in [0.15, 0.2) is 45.7 Å². The number of nitrogens with two attached hydrogens (primary N) is 1. The van der Waals surface area contributed by atoms with Gasteiger partial charge in [-0.05, 0) is 52.3 Å². The SMILES string of the molecule is Nc1ccc2nc(Nc3ccc(F)cc3Br)[nH]c(=O)c2c1. The van der Waals surface area contributed by atoms with Crippen LogP contribution < -0.4 is 16.6 Å². The highest BCUT2D eigenvalue weighted by molar-refractivity contribution is 9.10. The summed E-state index contributed by atoms with van der Waals surface area (Å²) in [7, 11) is 0. The summed E-state index contributed by atoms with van der Waals surface area (Å²) in [5.74, 6) is -0.0903. The second kappa shape index (κ2) is 5.17. The molecule has 0 aliphatic carbocycles. The normalized spacial score (nSPS) is 10.8. The molecule has 4 N–H and O–H groups in total. The van der Waals surface area contributed by atoms with Gasteiger partial charge in [0.1, 0.15) is 5.82 Å². The Morgan fingerprint density at radius 1 is 1.24 bits per heavy atom. The van der Waals surface area contributed by atoms with Gasteiger partial charge in [0.15, 0.2) is 0 Å². The molecule has 0 saturated heterocycles. The summed E-state index contributed by atoms with van der Waals surface area (Å²) in [5.41, 5.74) is 6.96. The molecule has 3 aromatic rings. The van der Waals surface area contributed by atoms with E-state index in [9.17, 15) is 9.18 Å². The molecule has 0 fully saturated rings. The molecule has 0 unspecified atom stereocenters. The van der Waals surface area contributed by atoms with E-state index in [1.165, 1.54) is 12.1 Å². The maximum absolute atomic E-state index is 13.1. The van der Waals surface area contributed by atoms with Gasteiger partial charge in [0.05, 0.1) is 16.6 Å². The molecule has 1 aromatic heterocycles. The molecule has 0 aliphatic heterocycles. The van der Waals surface area contributed by atoms with Crippen molar-refractivity contribution in [3.05, 3.63) is 57.0 Å². The van der Waals surface area contributed by atoms with Gasteiger partial charge in [0.2, 0.25) is 5.95 Å². The predicted octanol–water partition coefficient (Wildman–Crippen LogP) is 3.15. The first-order valence-electron chi connectivity index (χ1n) is 6.04. The second-order valence-corrected chi connectivity index (χ2v) is 5.29. The summed E-state index contributed by atoms with van der Waals surface area (Å²) in [4.78, 5) is 18.9. The zero-order valence-electron chi connectivity index (χ0n) is 10.7. The van der Waals surface area contributed by atoms with Gasteiger partial charge in [0, 0.05) is 10.2 Å². The number of hydrogen-bond acceptors (Lipinski definition) is 4. The molecule has 7 heteroatoms. The van der Waals surface area contributed by atoms with E-state index in [0.29, 0.717) is 26.8 Å². The third-order valence-electron chi connectivity index (χ3n) is 2.91. The van der Waals surface area contributed by atoms with E-state index in [1.54, 1.807) is 24.3 Å². The van der Waals surface area contributed by atoms with E-state index in [-0.39, 0.29) is 17.3 Å². The highest BCUT2D eigenvalue weighted by Gasteiger charge is 2.07. The van der Waals surface area contributed by atoms with Gasteiger partial charge in [-0.25, -0.2) is 9.37 Å². The molecule has 2 aromatic carbocycles. The van der Waals surface area contributed by atoms with Crippen LogP contribution in [0, 0.1) is 5.82 Å². The van der Waals surface area contributed by atoms with Gasteiger partial charge < -0.3 is 11.1 Å².